The van der Waals surface area contributed by atoms with E-state index in [1.807, 2.05) is 24.3 Å². The highest BCUT2D eigenvalue weighted by atomic mass is 79.9. The zero-order valence-electron chi connectivity index (χ0n) is 10.8. The van der Waals surface area contributed by atoms with Gasteiger partial charge in [0.05, 0.1) is 14.0 Å². The first-order valence-electron chi connectivity index (χ1n) is 6.32. The molecule has 0 amide bonds. The molecule has 3 aromatic rings. The van der Waals surface area contributed by atoms with Gasteiger partial charge in [0.2, 0.25) is 6.79 Å². The summed E-state index contributed by atoms with van der Waals surface area (Å²) in [6.45, 7) is 0.959. The van der Waals surface area contributed by atoms with E-state index in [0.29, 0.717) is 13.3 Å². The summed E-state index contributed by atoms with van der Waals surface area (Å²) in [5, 5.41) is 3.35. The summed E-state index contributed by atoms with van der Waals surface area (Å²) in [4.78, 5) is 8.58. The largest absolute Gasteiger partial charge is 0.454 e. The van der Waals surface area contributed by atoms with Crippen molar-refractivity contribution in [1.29, 1.82) is 0 Å². The van der Waals surface area contributed by atoms with E-state index in [2.05, 4.69) is 31.2 Å². The van der Waals surface area contributed by atoms with Crippen LogP contribution >= 0.6 is 27.3 Å². The number of benzene rings is 1. The van der Waals surface area contributed by atoms with Crippen LogP contribution in [0.3, 0.4) is 0 Å². The summed E-state index contributed by atoms with van der Waals surface area (Å²) in [5.74, 6) is 2.43. The second kappa shape index (κ2) is 5.16. The first-order valence-corrected chi connectivity index (χ1v) is 7.93. The fraction of sp³-hybridized carbons (Fsp3) is 0.143. The van der Waals surface area contributed by atoms with Gasteiger partial charge in [0.15, 0.2) is 11.5 Å². The number of nitrogens with zero attached hydrogens (tertiary/aromatic N) is 2. The van der Waals surface area contributed by atoms with E-state index in [1.165, 1.54) is 0 Å². The van der Waals surface area contributed by atoms with E-state index >= 15 is 0 Å². The van der Waals surface area contributed by atoms with Crippen molar-refractivity contribution in [1.82, 2.24) is 9.97 Å². The Balaban J connectivity index is 1.58. The SMILES string of the molecule is Brc1cc2ncnc(NCc3ccc4c(c3)OCO4)c2s1. The minimum absolute atomic E-state index is 0.294. The molecule has 0 spiro atoms. The minimum atomic E-state index is 0.294. The molecular formula is C14H10BrN3O2S. The number of thiophene rings is 1. The average molecular weight is 364 g/mol. The lowest BCUT2D eigenvalue weighted by molar-refractivity contribution is 0.174. The molecule has 0 fully saturated rings. The third kappa shape index (κ3) is 2.43. The van der Waals surface area contributed by atoms with Crippen molar-refractivity contribution in [3.63, 3.8) is 0 Å². The zero-order chi connectivity index (χ0) is 14.2. The quantitative estimate of drug-likeness (QED) is 0.766. The second-order valence-electron chi connectivity index (χ2n) is 4.53. The van der Waals surface area contributed by atoms with Gasteiger partial charge in [-0.1, -0.05) is 6.07 Å². The maximum Gasteiger partial charge on any atom is 0.231 e. The molecule has 1 aliphatic heterocycles. The lowest BCUT2D eigenvalue weighted by atomic mass is 10.2. The van der Waals surface area contributed by atoms with Crippen molar-refractivity contribution < 1.29 is 9.47 Å². The standard InChI is InChI=1S/C14H10BrN3O2S/c15-12-4-9-13(21-12)14(18-6-17-9)16-5-8-1-2-10-11(3-8)20-7-19-10/h1-4,6H,5,7H2,(H,16,17,18). The second-order valence-corrected chi connectivity index (χ2v) is 6.96. The number of ether oxygens (including phenoxy) is 2. The van der Waals surface area contributed by atoms with Crippen LogP contribution in [0.1, 0.15) is 5.56 Å². The maximum absolute atomic E-state index is 5.38. The summed E-state index contributed by atoms with van der Waals surface area (Å²) in [6.07, 6.45) is 1.57. The number of fused-ring (bicyclic) bond motifs is 2. The van der Waals surface area contributed by atoms with E-state index in [-0.39, 0.29) is 0 Å². The van der Waals surface area contributed by atoms with Gasteiger partial charge in [-0.15, -0.1) is 11.3 Å². The molecule has 0 radical (unpaired) electrons. The van der Waals surface area contributed by atoms with Crippen LogP contribution in [0.15, 0.2) is 34.4 Å². The maximum atomic E-state index is 5.38. The summed E-state index contributed by atoms with van der Waals surface area (Å²) < 4.78 is 12.8. The van der Waals surface area contributed by atoms with Gasteiger partial charge in [0.25, 0.3) is 0 Å². The lowest BCUT2D eigenvalue weighted by Crippen LogP contribution is -2.01. The fourth-order valence-corrected chi connectivity index (χ4v) is 3.69. The van der Waals surface area contributed by atoms with Gasteiger partial charge < -0.3 is 14.8 Å². The topological polar surface area (TPSA) is 56.3 Å². The Kier molecular flexibility index (Phi) is 3.16. The molecule has 0 atom stereocenters. The first-order chi connectivity index (χ1) is 10.3. The molecule has 1 N–H and O–H groups in total. The Morgan fingerprint density at radius 2 is 2.10 bits per heavy atom. The van der Waals surface area contributed by atoms with Crippen molar-refractivity contribution in [2.75, 3.05) is 12.1 Å². The van der Waals surface area contributed by atoms with Crippen LogP contribution in [0, 0.1) is 0 Å². The highest BCUT2D eigenvalue weighted by molar-refractivity contribution is 9.11. The summed E-state index contributed by atoms with van der Waals surface area (Å²) in [5.41, 5.74) is 2.05. The van der Waals surface area contributed by atoms with Crippen LogP contribution in [0.5, 0.6) is 11.5 Å². The smallest absolute Gasteiger partial charge is 0.231 e. The monoisotopic (exact) mass is 363 g/mol. The van der Waals surface area contributed by atoms with Crippen molar-refractivity contribution in [3.8, 4) is 11.5 Å². The number of nitrogens with one attached hydrogen (secondary N) is 1. The molecule has 5 nitrogen and oxygen atoms in total. The normalized spacial score (nSPS) is 12.8. The Bertz CT molecular complexity index is 821. The van der Waals surface area contributed by atoms with Gasteiger partial charge in [-0.05, 0) is 39.7 Å². The van der Waals surface area contributed by atoms with Crippen LogP contribution < -0.4 is 14.8 Å². The van der Waals surface area contributed by atoms with Gasteiger partial charge in [-0.3, -0.25) is 0 Å². The molecular weight excluding hydrogens is 354 g/mol. The molecule has 0 bridgehead atoms. The van der Waals surface area contributed by atoms with Crippen molar-refractivity contribution in [2.45, 2.75) is 6.54 Å². The number of hydrogen-bond acceptors (Lipinski definition) is 6. The van der Waals surface area contributed by atoms with E-state index in [4.69, 9.17) is 9.47 Å². The fourth-order valence-electron chi connectivity index (χ4n) is 2.19. The molecule has 0 saturated carbocycles. The minimum Gasteiger partial charge on any atom is -0.454 e. The summed E-state index contributed by atoms with van der Waals surface area (Å²) >= 11 is 5.10. The van der Waals surface area contributed by atoms with Crippen molar-refractivity contribution in [3.05, 3.63) is 39.9 Å². The molecule has 0 unspecified atom stereocenters. The number of rotatable bonds is 3. The van der Waals surface area contributed by atoms with E-state index < -0.39 is 0 Å². The van der Waals surface area contributed by atoms with Crippen LogP contribution in [-0.2, 0) is 6.54 Å². The average Bonchev–Trinajstić information content (AvgIpc) is 3.09. The van der Waals surface area contributed by atoms with Crippen LogP contribution in [0.25, 0.3) is 10.2 Å². The molecule has 1 aromatic carbocycles. The van der Waals surface area contributed by atoms with Gasteiger partial charge in [-0.2, -0.15) is 0 Å². The van der Waals surface area contributed by atoms with Crippen LogP contribution in [-0.4, -0.2) is 16.8 Å². The third-order valence-corrected chi connectivity index (χ3v) is 4.81. The molecule has 3 heterocycles. The van der Waals surface area contributed by atoms with Gasteiger partial charge >= 0.3 is 0 Å². The zero-order valence-corrected chi connectivity index (χ0v) is 13.2. The molecule has 4 rings (SSSR count). The van der Waals surface area contributed by atoms with E-state index in [0.717, 1.165) is 36.9 Å². The number of hydrogen-bond donors (Lipinski definition) is 1. The predicted octanol–water partition coefficient (Wildman–Crippen LogP) is 3.79. The Hall–Kier alpha value is -1.86. The Labute approximate surface area is 133 Å². The van der Waals surface area contributed by atoms with E-state index in [1.54, 1.807) is 17.7 Å². The van der Waals surface area contributed by atoms with Gasteiger partial charge in [0.1, 0.15) is 12.1 Å². The highest BCUT2D eigenvalue weighted by Gasteiger charge is 2.13. The third-order valence-electron chi connectivity index (χ3n) is 3.18. The van der Waals surface area contributed by atoms with Crippen LogP contribution in [0.2, 0.25) is 0 Å². The van der Waals surface area contributed by atoms with Gasteiger partial charge in [0, 0.05) is 6.54 Å². The predicted molar refractivity (Wildman–Crippen MR) is 85.0 cm³/mol. The number of halogens is 1. The number of aromatic nitrogens is 2. The Morgan fingerprint density at radius 1 is 1.19 bits per heavy atom. The molecule has 1 aliphatic rings. The molecule has 21 heavy (non-hydrogen) atoms. The summed E-state index contributed by atoms with van der Waals surface area (Å²) in [6, 6.07) is 7.92. The molecule has 0 saturated heterocycles. The van der Waals surface area contributed by atoms with Gasteiger partial charge in [-0.25, -0.2) is 9.97 Å². The van der Waals surface area contributed by atoms with E-state index in [9.17, 15) is 0 Å². The molecule has 0 aliphatic carbocycles. The first kappa shape index (κ1) is 12.8. The van der Waals surface area contributed by atoms with Crippen LogP contribution in [0.4, 0.5) is 5.82 Å². The number of anilines is 1. The molecule has 7 heteroatoms. The molecule has 106 valence electrons. The molecule has 2 aromatic heterocycles. The Morgan fingerprint density at radius 3 is 3.05 bits per heavy atom. The summed E-state index contributed by atoms with van der Waals surface area (Å²) in [7, 11) is 0. The van der Waals surface area contributed by atoms with Crippen molar-refractivity contribution in [2.24, 2.45) is 0 Å². The van der Waals surface area contributed by atoms with Crippen molar-refractivity contribution >= 4 is 43.3 Å². The highest BCUT2D eigenvalue weighted by Crippen LogP contribution is 2.34. The lowest BCUT2D eigenvalue weighted by Gasteiger charge is -2.07.